The van der Waals surface area contributed by atoms with Gasteiger partial charge in [0.15, 0.2) is 5.16 Å². The lowest BCUT2D eigenvalue weighted by atomic mass is 10.1. The van der Waals surface area contributed by atoms with Gasteiger partial charge in [-0.15, -0.1) is 10.2 Å². The topological polar surface area (TPSA) is 59.8 Å². The molecule has 0 saturated carbocycles. The zero-order chi connectivity index (χ0) is 18.5. The van der Waals surface area contributed by atoms with Crippen molar-refractivity contribution in [2.45, 2.75) is 25.0 Å². The molecule has 1 heterocycles. The number of rotatable bonds is 6. The van der Waals surface area contributed by atoms with E-state index in [4.69, 9.17) is 11.6 Å². The van der Waals surface area contributed by atoms with Crippen LogP contribution in [0.25, 0.3) is 5.69 Å². The Labute approximate surface area is 161 Å². The monoisotopic (exact) mass is 386 g/mol. The molecule has 0 fully saturated rings. The van der Waals surface area contributed by atoms with Crippen LogP contribution in [0.2, 0.25) is 5.02 Å². The largest absolute Gasteiger partial charge is 0.349 e. The van der Waals surface area contributed by atoms with Crippen LogP contribution >= 0.6 is 23.4 Å². The molecule has 2 aromatic carbocycles. The Balaban J connectivity index is 1.61. The summed E-state index contributed by atoms with van der Waals surface area (Å²) in [6.07, 6.45) is 1.67. The Morgan fingerprint density at radius 2 is 1.96 bits per heavy atom. The van der Waals surface area contributed by atoms with E-state index < -0.39 is 0 Å². The number of aromatic nitrogens is 3. The maximum atomic E-state index is 12.3. The van der Waals surface area contributed by atoms with Crippen molar-refractivity contribution in [1.29, 1.82) is 0 Å². The molecule has 0 saturated heterocycles. The van der Waals surface area contributed by atoms with Gasteiger partial charge in [0.05, 0.1) is 17.5 Å². The summed E-state index contributed by atoms with van der Waals surface area (Å²) in [6, 6.07) is 15.4. The Bertz CT molecular complexity index is 895. The van der Waals surface area contributed by atoms with Crippen LogP contribution in [0.4, 0.5) is 0 Å². The van der Waals surface area contributed by atoms with E-state index in [1.165, 1.54) is 11.8 Å². The van der Waals surface area contributed by atoms with Gasteiger partial charge in [-0.05, 0) is 43.2 Å². The highest BCUT2D eigenvalue weighted by Gasteiger charge is 2.13. The zero-order valence-electron chi connectivity index (χ0n) is 14.5. The molecule has 0 aliphatic heterocycles. The predicted molar refractivity (Wildman–Crippen MR) is 105 cm³/mol. The van der Waals surface area contributed by atoms with E-state index in [-0.39, 0.29) is 17.7 Å². The first-order valence-electron chi connectivity index (χ1n) is 8.18. The summed E-state index contributed by atoms with van der Waals surface area (Å²) in [6.45, 7) is 3.98. The molecule has 0 radical (unpaired) electrons. The Kier molecular flexibility index (Phi) is 5.96. The average Bonchev–Trinajstić information content (AvgIpc) is 3.09. The fourth-order valence-electron chi connectivity index (χ4n) is 2.57. The molecule has 1 amide bonds. The number of thioether (sulfide) groups is 1. The summed E-state index contributed by atoms with van der Waals surface area (Å²) in [5, 5.41) is 12.5. The lowest BCUT2D eigenvalue weighted by Gasteiger charge is -2.14. The molecule has 0 aliphatic carbocycles. The van der Waals surface area contributed by atoms with Crippen molar-refractivity contribution in [2.75, 3.05) is 5.75 Å². The Morgan fingerprint density at radius 1 is 1.23 bits per heavy atom. The first-order valence-corrected chi connectivity index (χ1v) is 9.54. The van der Waals surface area contributed by atoms with Gasteiger partial charge in [-0.1, -0.05) is 53.7 Å². The van der Waals surface area contributed by atoms with Crippen molar-refractivity contribution >= 4 is 29.3 Å². The number of carbonyl (C=O) groups is 1. The molecule has 0 aliphatic rings. The van der Waals surface area contributed by atoms with Crippen LogP contribution in [0.15, 0.2) is 60.0 Å². The quantitative estimate of drug-likeness (QED) is 0.645. The molecular formula is C19H19ClN4OS. The van der Waals surface area contributed by atoms with E-state index in [9.17, 15) is 4.79 Å². The zero-order valence-corrected chi connectivity index (χ0v) is 16.1. The van der Waals surface area contributed by atoms with Crippen molar-refractivity contribution in [3.8, 4) is 5.69 Å². The number of amides is 1. The third-order valence-corrected chi connectivity index (χ3v) is 5.17. The van der Waals surface area contributed by atoms with Crippen molar-refractivity contribution in [3.05, 3.63) is 71.0 Å². The number of nitrogens with one attached hydrogen (secondary N) is 1. The van der Waals surface area contributed by atoms with Crippen LogP contribution in [0.5, 0.6) is 0 Å². The number of para-hydroxylation sites is 1. The molecule has 134 valence electrons. The molecule has 0 bridgehead atoms. The Morgan fingerprint density at radius 3 is 2.69 bits per heavy atom. The van der Waals surface area contributed by atoms with Gasteiger partial charge < -0.3 is 5.32 Å². The molecule has 3 aromatic rings. The number of hydrogen-bond donors (Lipinski definition) is 1. The third kappa shape index (κ3) is 4.45. The number of aryl methyl sites for hydroxylation is 1. The summed E-state index contributed by atoms with van der Waals surface area (Å²) in [4.78, 5) is 12.3. The third-order valence-electron chi connectivity index (χ3n) is 3.97. The van der Waals surface area contributed by atoms with Gasteiger partial charge in [-0.2, -0.15) is 0 Å². The SMILES string of the molecule is Cc1ccccc1-n1cnnc1SCC(=O)N[C@H](C)c1ccc(Cl)cc1. The molecule has 1 N–H and O–H groups in total. The fourth-order valence-corrected chi connectivity index (χ4v) is 3.43. The lowest BCUT2D eigenvalue weighted by Crippen LogP contribution is -2.28. The maximum absolute atomic E-state index is 12.3. The van der Waals surface area contributed by atoms with E-state index in [0.717, 1.165) is 16.8 Å². The van der Waals surface area contributed by atoms with Gasteiger partial charge in [0.25, 0.3) is 0 Å². The van der Waals surface area contributed by atoms with E-state index in [0.29, 0.717) is 10.2 Å². The summed E-state index contributed by atoms with van der Waals surface area (Å²) >= 11 is 7.26. The second kappa shape index (κ2) is 8.38. The van der Waals surface area contributed by atoms with E-state index in [2.05, 4.69) is 15.5 Å². The molecule has 3 rings (SSSR count). The second-order valence-electron chi connectivity index (χ2n) is 5.90. The summed E-state index contributed by atoms with van der Waals surface area (Å²) < 4.78 is 1.90. The average molecular weight is 387 g/mol. The van der Waals surface area contributed by atoms with Gasteiger partial charge in [0.1, 0.15) is 6.33 Å². The van der Waals surface area contributed by atoms with Crippen molar-refractivity contribution in [1.82, 2.24) is 20.1 Å². The number of hydrogen-bond acceptors (Lipinski definition) is 4. The van der Waals surface area contributed by atoms with Crippen LogP contribution in [-0.4, -0.2) is 26.4 Å². The lowest BCUT2D eigenvalue weighted by molar-refractivity contribution is -0.119. The molecule has 1 atom stereocenters. The minimum atomic E-state index is -0.0883. The first-order chi connectivity index (χ1) is 12.5. The highest BCUT2D eigenvalue weighted by atomic mass is 35.5. The summed E-state index contributed by atoms with van der Waals surface area (Å²) in [7, 11) is 0. The van der Waals surface area contributed by atoms with Crippen LogP contribution in [0.3, 0.4) is 0 Å². The highest BCUT2D eigenvalue weighted by Crippen LogP contribution is 2.22. The molecule has 1 aromatic heterocycles. The predicted octanol–water partition coefficient (Wildman–Crippen LogP) is 4.20. The normalized spacial score (nSPS) is 12.0. The van der Waals surface area contributed by atoms with E-state index in [1.54, 1.807) is 6.33 Å². The molecule has 0 unspecified atom stereocenters. The molecule has 7 heteroatoms. The van der Waals surface area contributed by atoms with Gasteiger partial charge in [-0.25, -0.2) is 0 Å². The highest BCUT2D eigenvalue weighted by molar-refractivity contribution is 7.99. The second-order valence-corrected chi connectivity index (χ2v) is 7.28. The molecule has 26 heavy (non-hydrogen) atoms. The van der Waals surface area contributed by atoms with Crippen molar-refractivity contribution in [2.24, 2.45) is 0 Å². The van der Waals surface area contributed by atoms with E-state index >= 15 is 0 Å². The standard InChI is InChI=1S/C19H19ClN4OS/c1-13-5-3-4-6-17(13)24-12-21-23-19(24)26-11-18(25)22-14(2)15-7-9-16(20)10-8-15/h3-10,12,14H,11H2,1-2H3,(H,22,25)/t14-/m1/s1. The summed E-state index contributed by atoms with van der Waals surface area (Å²) in [5.41, 5.74) is 3.14. The molecule has 0 spiro atoms. The number of halogens is 1. The first kappa shape index (κ1) is 18.5. The maximum Gasteiger partial charge on any atom is 0.230 e. The fraction of sp³-hybridized carbons (Fsp3) is 0.211. The minimum absolute atomic E-state index is 0.0585. The number of carbonyl (C=O) groups excluding carboxylic acids is 1. The van der Waals surface area contributed by atoms with Crippen LogP contribution < -0.4 is 5.32 Å². The summed E-state index contributed by atoms with van der Waals surface area (Å²) in [5.74, 6) is 0.208. The van der Waals surface area contributed by atoms with Gasteiger partial charge in [0, 0.05) is 5.02 Å². The van der Waals surface area contributed by atoms with Gasteiger partial charge in [0.2, 0.25) is 5.91 Å². The van der Waals surface area contributed by atoms with Gasteiger partial charge >= 0.3 is 0 Å². The van der Waals surface area contributed by atoms with Crippen LogP contribution in [0.1, 0.15) is 24.1 Å². The van der Waals surface area contributed by atoms with Crippen LogP contribution in [-0.2, 0) is 4.79 Å². The minimum Gasteiger partial charge on any atom is -0.349 e. The Hall–Kier alpha value is -2.31. The number of nitrogens with zero attached hydrogens (tertiary/aromatic N) is 3. The van der Waals surface area contributed by atoms with Crippen LogP contribution in [0, 0.1) is 6.92 Å². The smallest absolute Gasteiger partial charge is 0.230 e. The van der Waals surface area contributed by atoms with Crippen molar-refractivity contribution in [3.63, 3.8) is 0 Å². The molecular weight excluding hydrogens is 368 g/mol. The number of benzene rings is 2. The van der Waals surface area contributed by atoms with E-state index in [1.807, 2.05) is 66.9 Å². The van der Waals surface area contributed by atoms with Gasteiger partial charge in [-0.3, -0.25) is 9.36 Å². The molecule has 5 nitrogen and oxygen atoms in total. The van der Waals surface area contributed by atoms with Crippen molar-refractivity contribution < 1.29 is 4.79 Å².